The number of anilines is 1. The van der Waals surface area contributed by atoms with E-state index in [0.717, 1.165) is 5.92 Å². The van der Waals surface area contributed by atoms with Crippen molar-refractivity contribution in [3.8, 4) is 0 Å². The van der Waals surface area contributed by atoms with Gasteiger partial charge in [-0.15, -0.1) is 0 Å². The standard InChI is InChI=1S/C16H25N/c1-3-4-5-15-6-8-16(9-7-15)17-12-10-14(2)11-13-17/h6-9,14H,3-5,10-13H2,1-2H3. The third-order valence-electron chi connectivity index (χ3n) is 3.90. The molecule has 0 amide bonds. The predicted molar refractivity (Wildman–Crippen MR) is 75.7 cm³/mol. The summed E-state index contributed by atoms with van der Waals surface area (Å²) < 4.78 is 0. The van der Waals surface area contributed by atoms with Crippen LogP contribution in [0.2, 0.25) is 0 Å². The first kappa shape index (κ1) is 12.5. The van der Waals surface area contributed by atoms with Crippen LogP contribution in [-0.2, 0) is 6.42 Å². The summed E-state index contributed by atoms with van der Waals surface area (Å²) in [5.41, 5.74) is 2.90. The van der Waals surface area contributed by atoms with Crippen molar-refractivity contribution >= 4 is 5.69 Å². The number of unbranched alkanes of at least 4 members (excludes halogenated alkanes) is 1. The van der Waals surface area contributed by atoms with E-state index in [1.807, 2.05) is 0 Å². The van der Waals surface area contributed by atoms with Gasteiger partial charge in [0.2, 0.25) is 0 Å². The Morgan fingerprint density at radius 3 is 2.35 bits per heavy atom. The molecule has 94 valence electrons. The fourth-order valence-corrected chi connectivity index (χ4v) is 2.52. The second-order valence-corrected chi connectivity index (χ2v) is 5.44. The van der Waals surface area contributed by atoms with Crippen LogP contribution in [0.4, 0.5) is 5.69 Å². The van der Waals surface area contributed by atoms with Gasteiger partial charge in [0.15, 0.2) is 0 Å². The number of aryl methyl sites for hydroxylation is 1. The molecule has 0 aliphatic carbocycles. The highest BCUT2D eigenvalue weighted by atomic mass is 15.1. The van der Waals surface area contributed by atoms with Crippen LogP contribution in [-0.4, -0.2) is 13.1 Å². The minimum Gasteiger partial charge on any atom is -0.372 e. The maximum atomic E-state index is 2.53. The van der Waals surface area contributed by atoms with E-state index in [1.54, 1.807) is 0 Å². The third-order valence-corrected chi connectivity index (χ3v) is 3.90. The van der Waals surface area contributed by atoms with Crippen LogP contribution in [0.25, 0.3) is 0 Å². The summed E-state index contributed by atoms with van der Waals surface area (Å²) in [4.78, 5) is 2.53. The SMILES string of the molecule is CCCCc1ccc(N2CCC(C)CC2)cc1. The summed E-state index contributed by atoms with van der Waals surface area (Å²) in [5, 5.41) is 0. The second kappa shape index (κ2) is 6.09. The average Bonchev–Trinajstić information content (AvgIpc) is 2.38. The highest BCUT2D eigenvalue weighted by Crippen LogP contribution is 2.23. The molecule has 0 N–H and O–H groups in total. The van der Waals surface area contributed by atoms with Gasteiger partial charge in [0.1, 0.15) is 0 Å². The monoisotopic (exact) mass is 231 g/mol. The topological polar surface area (TPSA) is 3.24 Å². The molecule has 1 saturated heterocycles. The summed E-state index contributed by atoms with van der Waals surface area (Å²) in [7, 11) is 0. The fraction of sp³-hybridized carbons (Fsp3) is 0.625. The Labute approximate surface area is 106 Å². The van der Waals surface area contributed by atoms with Crippen LogP contribution in [0.15, 0.2) is 24.3 Å². The molecule has 1 heterocycles. The van der Waals surface area contributed by atoms with E-state index in [0.29, 0.717) is 0 Å². The predicted octanol–water partition coefficient (Wildman–Crippen LogP) is 4.27. The number of hydrogen-bond donors (Lipinski definition) is 0. The van der Waals surface area contributed by atoms with Gasteiger partial charge in [0.05, 0.1) is 0 Å². The van der Waals surface area contributed by atoms with Gasteiger partial charge in [-0.05, 0) is 49.3 Å². The van der Waals surface area contributed by atoms with E-state index < -0.39 is 0 Å². The van der Waals surface area contributed by atoms with Gasteiger partial charge in [-0.3, -0.25) is 0 Å². The zero-order valence-electron chi connectivity index (χ0n) is 11.3. The van der Waals surface area contributed by atoms with E-state index in [2.05, 4.69) is 43.0 Å². The zero-order valence-corrected chi connectivity index (χ0v) is 11.3. The molecular formula is C16H25N. The largest absolute Gasteiger partial charge is 0.372 e. The zero-order chi connectivity index (χ0) is 12.1. The third kappa shape index (κ3) is 3.49. The Balaban J connectivity index is 1.93. The molecule has 0 radical (unpaired) electrons. The number of rotatable bonds is 4. The van der Waals surface area contributed by atoms with E-state index in [-0.39, 0.29) is 0 Å². The molecule has 0 aromatic heterocycles. The van der Waals surface area contributed by atoms with Crippen molar-refractivity contribution < 1.29 is 0 Å². The summed E-state index contributed by atoms with van der Waals surface area (Å²) in [5.74, 6) is 0.912. The molecule has 1 aliphatic rings. The molecule has 1 heteroatoms. The lowest BCUT2D eigenvalue weighted by Crippen LogP contribution is -2.32. The van der Waals surface area contributed by atoms with E-state index in [1.165, 1.54) is 56.4 Å². The smallest absolute Gasteiger partial charge is 0.0366 e. The van der Waals surface area contributed by atoms with Crippen LogP contribution in [0.1, 0.15) is 45.1 Å². The van der Waals surface area contributed by atoms with Gasteiger partial charge in [-0.2, -0.15) is 0 Å². The lowest BCUT2D eigenvalue weighted by Gasteiger charge is -2.32. The highest BCUT2D eigenvalue weighted by Gasteiger charge is 2.15. The van der Waals surface area contributed by atoms with Crippen LogP contribution in [0.5, 0.6) is 0 Å². The van der Waals surface area contributed by atoms with Gasteiger partial charge in [-0.1, -0.05) is 32.4 Å². The molecule has 1 nitrogen and oxygen atoms in total. The minimum absolute atomic E-state index is 0.912. The first-order chi connectivity index (χ1) is 8.29. The Morgan fingerprint density at radius 2 is 1.76 bits per heavy atom. The van der Waals surface area contributed by atoms with Crippen molar-refractivity contribution in [1.82, 2.24) is 0 Å². The molecule has 1 fully saturated rings. The molecule has 1 aromatic carbocycles. The van der Waals surface area contributed by atoms with Gasteiger partial charge >= 0.3 is 0 Å². The van der Waals surface area contributed by atoms with Crippen molar-refractivity contribution in [3.63, 3.8) is 0 Å². The van der Waals surface area contributed by atoms with Gasteiger partial charge in [0.25, 0.3) is 0 Å². The minimum atomic E-state index is 0.912. The number of hydrogen-bond acceptors (Lipinski definition) is 1. The molecule has 1 aromatic rings. The molecule has 1 aliphatic heterocycles. The normalized spacial score (nSPS) is 17.4. The summed E-state index contributed by atoms with van der Waals surface area (Å²) in [6.45, 7) is 7.08. The number of piperidine rings is 1. The number of benzene rings is 1. The lowest BCUT2D eigenvalue weighted by molar-refractivity contribution is 0.438. The first-order valence-corrected chi connectivity index (χ1v) is 7.13. The molecular weight excluding hydrogens is 206 g/mol. The number of nitrogens with zero attached hydrogens (tertiary/aromatic N) is 1. The molecule has 2 rings (SSSR count). The molecule has 0 saturated carbocycles. The lowest BCUT2D eigenvalue weighted by atomic mass is 9.98. The fourth-order valence-electron chi connectivity index (χ4n) is 2.52. The van der Waals surface area contributed by atoms with Gasteiger partial charge in [-0.25, -0.2) is 0 Å². The first-order valence-electron chi connectivity index (χ1n) is 7.13. The highest BCUT2D eigenvalue weighted by molar-refractivity contribution is 5.47. The van der Waals surface area contributed by atoms with Crippen LogP contribution >= 0.6 is 0 Å². The van der Waals surface area contributed by atoms with Crippen LogP contribution in [0.3, 0.4) is 0 Å². The van der Waals surface area contributed by atoms with Crippen molar-refractivity contribution in [1.29, 1.82) is 0 Å². The van der Waals surface area contributed by atoms with E-state index >= 15 is 0 Å². The van der Waals surface area contributed by atoms with Gasteiger partial charge in [0, 0.05) is 18.8 Å². The molecule has 0 bridgehead atoms. The Morgan fingerprint density at radius 1 is 1.12 bits per heavy atom. The molecule has 0 unspecified atom stereocenters. The maximum Gasteiger partial charge on any atom is 0.0366 e. The van der Waals surface area contributed by atoms with Crippen LogP contribution in [0, 0.1) is 5.92 Å². The van der Waals surface area contributed by atoms with Crippen molar-refractivity contribution in [2.24, 2.45) is 5.92 Å². The Hall–Kier alpha value is -0.980. The summed E-state index contributed by atoms with van der Waals surface area (Å²) in [6.07, 6.45) is 6.51. The summed E-state index contributed by atoms with van der Waals surface area (Å²) in [6, 6.07) is 9.23. The van der Waals surface area contributed by atoms with Crippen molar-refractivity contribution in [2.75, 3.05) is 18.0 Å². The van der Waals surface area contributed by atoms with Crippen molar-refractivity contribution in [2.45, 2.75) is 46.0 Å². The second-order valence-electron chi connectivity index (χ2n) is 5.44. The van der Waals surface area contributed by atoms with E-state index in [9.17, 15) is 0 Å². The summed E-state index contributed by atoms with van der Waals surface area (Å²) >= 11 is 0. The van der Waals surface area contributed by atoms with Crippen LogP contribution < -0.4 is 4.90 Å². The maximum absolute atomic E-state index is 2.53. The molecule has 0 spiro atoms. The van der Waals surface area contributed by atoms with Crippen molar-refractivity contribution in [3.05, 3.63) is 29.8 Å². The van der Waals surface area contributed by atoms with E-state index in [4.69, 9.17) is 0 Å². The Kier molecular flexibility index (Phi) is 4.47. The molecule has 0 atom stereocenters. The molecule has 17 heavy (non-hydrogen) atoms. The average molecular weight is 231 g/mol. The quantitative estimate of drug-likeness (QED) is 0.748. The Bertz CT molecular complexity index is 320. The van der Waals surface area contributed by atoms with Gasteiger partial charge < -0.3 is 4.90 Å².